The quantitative estimate of drug-likeness (QED) is 0.576. The molecule has 1 aliphatic rings. The first-order chi connectivity index (χ1) is 5.83. The van der Waals surface area contributed by atoms with Crippen molar-refractivity contribution in [1.29, 1.82) is 0 Å². The predicted octanol–water partition coefficient (Wildman–Crippen LogP) is 1.46. The molecule has 1 rings (SSSR count). The highest BCUT2D eigenvalue weighted by Gasteiger charge is 2.16. The maximum atomic E-state index is 5.62. The topological polar surface area (TPSA) is 21.7 Å². The molecule has 0 saturated carbocycles. The Bertz CT molecular complexity index is 124. The average Bonchev–Trinajstić information content (AvgIpc) is 2.05. The second kappa shape index (κ2) is 6.12. The van der Waals surface area contributed by atoms with E-state index in [9.17, 15) is 0 Å². The van der Waals surface area contributed by atoms with E-state index in [1.165, 1.54) is 19.4 Å². The van der Waals surface area contributed by atoms with Gasteiger partial charge in [-0.3, -0.25) is 0 Å². The fraction of sp³-hybridized carbons (Fsp3) is 1.00. The summed E-state index contributed by atoms with van der Waals surface area (Å²) in [7, 11) is 2.14. The third kappa shape index (κ3) is 4.02. The molecule has 3 nitrogen and oxygen atoms in total. The van der Waals surface area contributed by atoms with E-state index in [1.54, 1.807) is 0 Å². The molecular weight excluding hydrogens is 269 g/mol. The lowest BCUT2D eigenvalue weighted by molar-refractivity contribution is -0.00122. The van der Waals surface area contributed by atoms with Gasteiger partial charge in [0, 0.05) is 6.54 Å². The van der Waals surface area contributed by atoms with E-state index < -0.39 is 0 Å². The van der Waals surface area contributed by atoms with Crippen molar-refractivity contribution in [2.45, 2.75) is 18.9 Å². The molecule has 72 valence electrons. The summed E-state index contributed by atoms with van der Waals surface area (Å²) in [5.41, 5.74) is 0. The Morgan fingerprint density at radius 3 is 3.00 bits per heavy atom. The van der Waals surface area contributed by atoms with Crippen LogP contribution in [0.25, 0.3) is 0 Å². The molecule has 0 aromatic carbocycles. The maximum Gasteiger partial charge on any atom is 0.109 e. The third-order valence-electron chi connectivity index (χ3n) is 2.10. The van der Waals surface area contributed by atoms with Gasteiger partial charge in [-0.05, 0) is 26.4 Å². The summed E-state index contributed by atoms with van der Waals surface area (Å²) in [6, 6.07) is 0. The highest BCUT2D eigenvalue weighted by Crippen LogP contribution is 2.11. The van der Waals surface area contributed by atoms with Gasteiger partial charge in [-0.1, -0.05) is 0 Å². The highest BCUT2D eigenvalue weighted by atomic mass is 127. The lowest BCUT2D eigenvalue weighted by atomic mass is 10.1. The van der Waals surface area contributed by atoms with Crippen molar-refractivity contribution in [3.05, 3.63) is 0 Å². The summed E-state index contributed by atoms with van der Waals surface area (Å²) in [5, 5.41) is 0. The van der Waals surface area contributed by atoms with Gasteiger partial charge in [0.25, 0.3) is 0 Å². The van der Waals surface area contributed by atoms with Crippen LogP contribution in [0.2, 0.25) is 0 Å². The number of hydrogen-bond acceptors (Lipinski definition) is 3. The van der Waals surface area contributed by atoms with Gasteiger partial charge in [0.1, 0.15) is 23.0 Å². The molecule has 1 fully saturated rings. The number of hydrogen-bond donors (Lipinski definition) is 0. The van der Waals surface area contributed by atoms with Crippen LogP contribution in [0.15, 0.2) is 0 Å². The Labute approximate surface area is 88.1 Å². The van der Waals surface area contributed by atoms with Crippen LogP contribution in [0, 0.1) is 0 Å². The van der Waals surface area contributed by atoms with Crippen LogP contribution in [-0.4, -0.2) is 44.4 Å². The molecule has 1 heterocycles. The Kier molecular flexibility index (Phi) is 5.45. The molecule has 0 aliphatic carbocycles. The largest absolute Gasteiger partial charge is 0.374 e. The first-order valence-electron chi connectivity index (χ1n) is 4.36. The summed E-state index contributed by atoms with van der Waals surface area (Å²) < 4.78 is 10.5. The Morgan fingerprint density at radius 1 is 1.50 bits per heavy atom. The second-order valence-corrected chi connectivity index (χ2v) is 3.83. The number of piperidine rings is 1. The van der Waals surface area contributed by atoms with Crippen LogP contribution in [0.1, 0.15) is 12.8 Å². The standard InChI is InChI=1S/C8H16INO2/c1-10-4-2-3-8(7-10)11-5-6-12-9/h8H,2-7H2,1H3. The second-order valence-electron chi connectivity index (χ2n) is 3.21. The van der Waals surface area contributed by atoms with E-state index in [-0.39, 0.29) is 0 Å². The van der Waals surface area contributed by atoms with Crippen LogP contribution in [0.3, 0.4) is 0 Å². The van der Waals surface area contributed by atoms with Crippen LogP contribution >= 0.6 is 23.0 Å². The van der Waals surface area contributed by atoms with Crippen molar-refractivity contribution in [3.63, 3.8) is 0 Å². The summed E-state index contributed by atoms with van der Waals surface area (Å²) >= 11 is 1.90. The molecular formula is C8H16INO2. The van der Waals surface area contributed by atoms with Gasteiger partial charge in [-0.15, -0.1) is 0 Å². The zero-order chi connectivity index (χ0) is 8.81. The van der Waals surface area contributed by atoms with Crippen molar-refractivity contribution in [3.8, 4) is 0 Å². The molecule has 1 aliphatic heterocycles. The fourth-order valence-electron chi connectivity index (χ4n) is 1.50. The van der Waals surface area contributed by atoms with Crippen molar-refractivity contribution in [1.82, 2.24) is 4.90 Å². The molecule has 0 aromatic heterocycles. The Hall–Kier alpha value is 0.610. The number of rotatable bonds is 4. The van der Waals surface area contributed by atoms with E-state index in [1.807, 2.05) is 23.0 Å². The number of halogens is 1. The maximum absolute atomic E-state index is 5.62. The minimum Gasteiger partial charge on any atom is -0.374 e. The van der Waals surface area contributed by atoms with Crippen LogP contribution in [0.4, 0.5) is 0 Å². The van der Waals surface area contributed by atoms with Crippen LogP contribution < -0.4 is 0 Å². The monoisotopic (exact) mass is 285 g/mol. The van der Waals surface area contributed by atoms with Crippen LogP contribution in [-0.2, 0) is 7.80 Å². The molecule has 12 heavy (non-hydrogen) atoms. The van der Waals surface area contributed by atoms with Gasteiger partial charge < -0.3 is 12.7 Å². The third-order valence-corrected chi connectivity index (χ3v) is 2.54. The minimum atomic E-state index is 0.426. The van der Waals surface area contributed by atoms with Crippen molar-refractivity contribution in [2.24, 2.45) is 0 Å². The van der Waals surface area contributed by atoms with E-state index in [4.69, 9.17) is 7.80 Å². The zero-order valence-corrected chi connectivity index (χ0v) is 9.62. The molecule has 0 aromatic rings. The van der Waals surface area contributed by atoms with Gasteiger partial charge in [0.05, 0.1) is 19.3 Å². The SMILES string of the molecule is CN1CCCC(OCCOI)C1. The molecule has 0 bridgehead atoms. The van der Waals surface area contributed by atoms with E-state index >= 15 is 0 Å². The van der Waals surface area contributed by atoms with Crippen molar-refractivity contribution < 1.29 is 7.80 Å². The smallest absolute Gasteiger partial charge is 0.109 e. The van der Waals surface area contributed by atoms with Crippen molar-refractivity contribution >= 4 is 23.0 Å². The molecule has 0 amide bonds. The van der Waals surface area contributed by atoms with Gasteiger partial charge >= 0.3 is 0 Å². The Morgan fingerprint density at radius 2 is 2.33 bits per heavy atom. The lowest BCUT2D eigenvalue weighted by Crippen LogP contribution is -2.37. The fourth-order valence-corrected chi connectivity index (χ4v) is 1.68. The number of nitrogens with zero attached hydrogens (tertiary/aromatic N) is 1. The van der Waals surface area contributed by atoms with Gasteiger partial charge in [-0.2, -0.15) is 0 Å². The van der Waals surface area contributed by atoms with E-state index in [0.29, 0.717) is 12.7 Å². The number of likely N-dealkylation sites (N-methyl/N-ethyl adjacent to an activating group) is 1. The van der Waals surface area contributed by atoms with Crippen molar-refractivity contribution in [2.75, 3.05) is 33.4 Å². The highest BCUT2D eigenvalue weighted by molar-refractivity contribution is 14.1. The summed E-state index contributed by atoms with van der Waals surface area (Å²) in [6.45, 7) is 3.70. The van der Waals surface area contributed by atoms with E-state index in [2.05, 4.69) is 11.9 Å². The predicted molar refractivity (Wildman–Crippen MR) is 56.4 cm³/mol. The lowest BCUT2D eigenvalue weighted by Gasteiger charge is -2.29. The molecule has 1 atom stereocenters. The summed E-state index contributed by atoms with van der Waals surface area (Å²) in [6.07, 6.45) is 2.88. The van der Waals surface area contributed by atoms with E-state index in [0.717, 1.165) is 13.2 Å². The van der Waals surface area contributed by atoms with Gasteiger partial charge in [0.2, 0.25) is 0 Å². The van der Waals surface area contributed by atoms with Crippen LogP contribution in [0.5, 0.6) is 0 Å². The summed E-state index contributed by atoms with van der Waals surface area (Å²) in [4.78, 5) is 2.32. The summed E-state index contributed by atoms with van der Waals surface area (Å²) in [5.74, 6) is 0. The molecule has 4 heteroatoms. The Balaban J connectivity index is 2.06. The number of likely N-dealkylation sites (tertiary alicyclic amines) is 1. The van der Waals surface area contributed by atoms with Gasteiger partial charge in [0.15, 0.2) is 0 Å². The normalized spacial score (nSPS) is 26.0. The number of ether oxygens (including phenoxy) is 1. The first-order valence-corrected chi connectivity index (χ1v) is 5.24. The molecule has 0 radical (unpaired) electrons. The average molecular weight is 285 g/mol. The van der Waals surface area contributed by atoms with Gasteiger partial charge in [-0.25, -0.2) is 0 Å². The minimum absolute atomic E-state index is 0.426. The molecule has 0 N–H and O–H groups in total. The molecule has 1 saturated heterocycles. The first kappa shape index (κ1) is 10.7. The zero-order valence-electron chi connectivity index (χ0n) is 7.46. The molecule has 1 unspecified atom stereocenters. The molecule has 0 spiro atoms.